The minimum atomic E-state index is -0.163. The highest BCUT2D eigenvalue weighted by atomic mass is 19.1. The summed E-state index contributed by atoms with van der Waals surface area (Å²) in [5.41, 5.74) is 1.22. The molecule has 1 aromatic rings. The molecule has 0 spiro atoms. The molecule has 19 heavy (non-hydrogen) atoms. The molecule has 0 fully saturated rings. The molecule has 0 aromatic heterocycles. The zero-order valence-corrected chi connectivity index (χ0v) is 12.8. The van der Waals surface area contributed by atoms with Crippen LogP contribution in [0.15, 0.2) is 24.3 Å². The van der Waals surface area contributed by atoms with Crippen molar-refractivity contribution >= 4 is 0 Å². The van der Waals surface area contributed by atoms with Crippen molar-refractivity contribution in [1.29, 1.82) is 0 Å². The van der Waals surface area contributed by atoms with Crippen molar-refractivity contribution in [3.63, 3.8) is 0 Å². The van der Waals surface area contributed by atoms with Gasteiger partial charge in [-0.15, -0.1) is 0 Å². The first-order valence-corrected chi connectivity index (χ1v) is 7.45. The fourth-order valence-electron chi connectivity index (χ4n) is 2.72. The highest BCUT2D eigenvalue weighted by molar-refractivity contribution is 5.26. The second-order valence-electron chi connectivity index (χ2n) is 5.92. The first-order chi connectivity index (χ1) is 9.02. The van der Waals surface area contributed by atoms with Crippen molar-refractivity contribution in [3.8, 4) is 0 Å². The number of unbranched alkanes of at least 4 members (excludes halogenated alkanes) is 3. The number of nitrogens with one attached hydrogen (secondary N) is 1. The van der Waals surface area contributed by atoms with E-state index in [0.29, 0.717) is 6.04 Å². The van der Waals surface area contributed by atoms with Gasteiger partial charge in [0.1, 0.15) is 5.82 Å². The van der Waals surface area contributed by atoms with E-state index in [1.807, 2.05) is 19.2 Å². The van der Waals surface area contributed by atoms with E-state index in [1.54, 1.807) is 12.1 Å². The Morgan fingerprint density at radius 2 is 1.74 bits per heavy atom. The Labute approximate surface area is 117 Å². The van der Waals surface area contributed by atoms with E-state index < -0.39 is 0 Å². The average Bonchev–Trinajstić information content (AvgIpc) is 2.39. The third kappa shape index (κ3) is 4.61. The van der Waals surface area contributed by atoms with Crippen LogP contribution in [-0.4, -0.2) is 13.1 Å². The molecule has 1 rings (SSSR count). The van der Waals surface area contributed by atoms with Gasteiger partial charge in [0.15, 0.2) is 0 Å². The van der Waals surface area contributed by atoms with Crippen molar-refractivity contribution in [3.05, 3.63) is 35.6 Å². The molecule has 0 amide bonds. The topological polar surface area (TPSA) is 12.0 Å². The van der Waals surface area contributed by atoms with Crippen molar-refractivity contribution in [1.82, 2.24) is 5.32 Å². The average molecular weight is 265 g/mol. The second-order valence-corrected chi connectivity index (χ2v) is 5.92. The molecule has 0 saturated carbocycles. The maximum absolute atomic E-state index is 13.0. The monoisotopic (exact) mass is 265 g/mol. The van der Waals surface area contributed by atoms with Gasteiger partial charge in [-0.05, 0) is 31.2 Å². The summed E-state index contributed by atoms with van der Waals surface area (Å²) in [5, 5.41) is 3.44. The molecule has 1 unspecified atom stereocenters. The molecule has 0 saturated heterocycles. The van der Waals surface area contributed by atoms with Crippen LogP contribution in [0.1, 0.15) is 58.4 Å². The minimum absolute atomic E-state index is 0.0225. The number of hydrogen-bond donors (Lipinski definition) is 1. The largest absolute Gasteiger partial charge is 0.316 e. The van der Waals surface area contributed by atoms with Gasteiger partial charge in [0.05, 0.1) is 0 Å². The van der Waals surface area contributed by atoms with Gasteiger partial charge >= 0.3 is 0 Å². The lowest BCUT2D eigenvalue weighted by atomic mass is 9.76. The first kappa shape index (κ1) is 16.2. The molecule has 1 aromatic carbocycles. The summed E-state index contributed by atoms with van der Waals surface area (Å²) in [6.45, 7) is 6.71. The SMILES string of the molecule is CCCCCCC(NC)C(C)(C)c1ccc(F)cc1. The van der Waals surface area contributed by atoms with Crippen LogP contribution >= 0.6 is 0 Å². The normalized spacial score (nSPS) is 13.5. The molecule has 2 heteroatoms. The van der Waals surface area contributed by atoms with E-state index in [9.17, 15) is 4.39 Å². The summed E-state index contributed by atoms with van der Waals surface area (Å²) in [5.74, 6) is -0.163. The molecular weight excluding hydrogens is 237 g/mol. The van der Waals surface area contributed by atoms with Gasteiger partial charge in [-0.25, -0.2) is 4.39 Å². The lowest BCUT2D eigenvalue weighted by Crippen LogP contribution is -2.43. The van der Waals surface area contributed by atoms with Crippen LogP contribution in [-0.2, 0) is 5.41 Å². The highest BCUT2D eigenvalue weighted by Crippen LogP contribution is 2.30. The molecule has 0 bridgehead atoms. The Bertz CT molecular complexity index is 356. The fraction of sp³-hybridized carbons (Fsp3) is 0.647. The van der Waals surface area contributed by atoms with Crippen molar-refractivity contribution in [2.75, 3.05) is 7.05 Å². The van der Waals surface area contributed by atoms with E-state index in [2.05, 4.69) is 26.1 Å². The summed E-state index contributed by atoms with van der Waals surface area (Å²) in [6, 6.07) is 7.36. The van der Waals surface area contributed by atoms with Crippen LogP contribution in [0, 0.1) is 5.82 Å². The molecule has 0 aliphatic heterocycles. The van der Waals surface area contributed by atoms with E-state index in [0.717, 1.165) is 0 Å². The maximum atomic E-state index is 13.0. The summed E-state index contributed by atoms with van der Waals surface area (Å²) in [4.78, 5) is 0. The van der Waals surface area contributed by atoms with E-state index in [-0.39, 0.29) is 11.2 Å². The van der Waals surface area contributed by atoms with Crippen LogP contribution in [0.25, 0.3) is 0 Å². The zero-order valence-electron chi connectivity index (χ0n) is 12.8. The smallest absolute Gasteiger partial charge is 0.123 e. The first-order valence-electron chi connectivity index (χ1n) is 7.45. The Balaban J connectivity index is 2.68. The molecule has 0 aliphatic carbocycles. The summed E-state index contributed by atoms with van der Waals surface area (Å²) < 4.78 is 13.0. The molecule has 0 aliphatic rings. The van der Waals surface area contributed by atoms with Gasteiger partial charge in [0.25, 0.3) is 0 Å². The van der Waals surface area contributed by atoms with Gasteiger partial charge in [0.2, 0.25) is 0 Å². The zero-order chi connectivity index (χ0) is 14.3. The third-order valence-electron chi connectivity index (χ3n) is 4.15. The number of halogens is 1. The third-order valence-corrected chi connectivity index (χ3v) is 4.15. The van der Waals surface area contributed by atoms with Crippen LogP contribution in [0.2, 0.25) is 0 Å². The van der Waals surface area contributed by atoms with Crippen molar-refractivity contribution < 1.29 is 4.39 Å². The molecular formula is C17H28FN. The van der Waals surface area contributed by atoms with Gasteiger partial charge in [-0.3, -0.25) is 0 Å². The Morgan fingerprint density at radius 3 is 2.26 bits per heavy atom. The predicted molar refractivity (Wildman–Crippen MR) is 81.0 cm³/mol. The predicted octanol–water partition coefficient (Wildman–Crippen LogP) is 4.66. The van der Waals surface area contributed by atoms with Gasteiger partial charge in [-0.1, -0.05) is 58.6 Å². The Morgan fingerprint density at radius 1 is 1.11 bits per heavy atom. The van der Waals surface area contributed by atoms with Crippen molar-refractivity contribution in [2.24, 2.45) is 0 Å². The second kappa shape index (κ2) is 7.64. The molecule has 1 nitrogen and oxygen atoms in total. The van der Waals surface area contributed by atoms with E-state index >= 15 is 0 Å². The molecule has 108 valence electrons. The number of rotatable bonds is 8. The van der Waals surface area contributed by atoms with Gasteiger partial charge < -0.3 is 5.32 Å². The lowest BCUT2D eigenvalue weighted by Gasteiger charge is -2.35. The van der Waals surface area contributed by atoms with E-state index in [1.165, 1.54) is 37.7 Å². The van der Waals surface area contributed by atoms with Crippen LogP contribution in [0.3, 0.4) is 0 Å². The Kier molecular flexibility index (Phi) is 6.50. The maximum Gasteiger partial charge on any atom is 0.123 e. The lowest BCUT2D eigenvalue weighted by molar-refractivity contribution is 0.330. The van der Waals surface area contributed by atoms with E-state index in [4.69, 9.17) is 0 Å². The number of likely N-dealkylation sites (N-methyl/N-ethyl adjacent to an activating group) is 1. The quantitative estimate of drug-likeness (QED) is 0.674. The van der Waals surface area contributed by atoms with Crippen LogP contribution in [0.5, 0.6) is 0 Å². The van der Waals surface area contributed by atoms with Crippen LogP contribution in [0.4, 0.5) is 4.39 Å². The number of hydrogen-bond acceptors (Lipinski definition) is 1. The fourth-order valence-corrected chi connectivity index (χ4v) is 2.72. The summed E-state index contributed by atoms with van der Waals surface area (Å²) in [6.07, 6.45) is 6.30. The van der Waals surface area contributed by atoms with Crippen molar-refractivity contribution in [2.45, 2.75) is 64.3 Å². The van der Waals surface area contributed by atoms with Crippen LogP contribution < -0.4 is 5.32 Å². The Hall–Kier alpha value is -0.890. The highest BCUT2D eigenvalue weighted by Gasteiger charge is 2.29. The minimum Gasteiger partial charge on any atom is -0.316 e. The molecule has 1 atom stereocenters. The molecule has 0 heterocycles. The number of benzene rings is 1. The molecule has 1 N–H and O–H groups in total. The summed E-state index contributed by atoms with van der Waals surface area (Å²) in [7, 11) is 2.02. The van der Waals surface area contributed by atoms with Gasteiger partial charge in [0, 0.05) is 11.5 Å². The molecule has 0 radical (unpaired) electrons. The summed E-state index contributed by atoms with van der Waals surface area (Å²) >= 11 is 0. The standard InChI is InChI=1S/C17H28FN/c1-5-6-7-8-9-16(19-4)17(2,3)14-10-12-15(18)13-11-14/h10-13,16,19H,5-9H2,1-4H3. The van der Waals surface area contributed by atoms with Gasteiger partial charge in [-0.2, -0.15) is 0 Å².